The first-order valence-corrected chi connectivity index (χ1v) is 8.44. The van der Waals surface area contributed by atoms with Gasteiger partial charge in [-0.3, -0.25) is 4.79 Å². The molecule has 118 valence electrons. The lowest BCUT2D eigenvalue weighted by molar-refractivity contribution is -1.02. The number of fused-ring (bicyclic) bond motifs is 1. The van der Waals surface area contributed by atoms with E-state index in [1.54, 1.807) is 11.0 Å². The summed E-state index contributed by atoms with van der Waals surface area (Å²) >= 11 is 6.05. The number of piperazine rings is 1. The van der Waals surface area contributed by atoms with Crippen LogP contribution in [0.3, 0.4) is 0 Å². The molecule has 4 nitrogen and oxygen atoms in total. The number of pyridine rings is 1. The van der Waals surface area contributed by atoms with Crippen LogP contribution >= 0.6 is 11.6 Å². The highest BCUT2D eigenvalue weighted by Gasteiger charge is 2.23. The summed E-state index contributed by atoms with van der Waals surface area (Å²) in [7, 11) is 0. The summed E-state index contributed by atoms with van der Waals surface area (Å²) in [6.45, 7) is 10.9. The van der Waals surface area contributed by atoms with E-state index in [-0.39, 0.29) is 5.43 Å². The second-order valence-electron chi connectivity index (χ2n) is 6.28. The molecule has 1 saturated heterocycles. The van der Waals surface area contributed by atoms with Gasteiger partial charge in [-0.25, -0.2) is 0 Å². The zero-order valence-electron chi connectivity index (χ0n) is 13.3. The molecule has 0 amide bonds. The fraction of sp³-hybridized carbons (Fsp3) is 0.471. The molecule has 0 unspecified atom stereocenters. The van der Waals surface area contributed by atoms with Gasteiger partial charge in [-0.05, 0) is 32.0 Å². The first kappa shape index (κ1) is 15.5. The van der Waals surface area contributed by atoms with Gasteiger partial charge in [-0.1, -0.05) is 11.6 Å². The summed E-state index contributed by atoms with van der Waals surface area (Å²) in [6, 6.07) is 5.47. The van der Waals surface area contributed by atoms with Crippen LogP contribution in [0.4, 0.5) is 0 Å². The Morgan fingerprint density at radius 3 is 2.55 bits per heavy atom. The molecule has 1 aromatic heterocycles. The van der Waals surface area contributed by atoms with E-state index in [1.165, 1.54) is 24.5 Å². The fourth-order valence-corrected chi connectivity index (χ4v) is 3.55. The Hall–Kier alpha value is -1.36. The zero-order valence-corrected chi connectivity index (χ0v) is 14.0. The van der Waals surface area contributed by atoms with E-state index < -0.39 is 0 Å². The Labute approximate surface area is 135 Å². The highest BCUT2D eigenvalue weighted by atomic mass is 35.5. The average molecular weight is 322 g/mol. The van der Waals surface area contributed by atoms with Crippen LogP contribution in [0.2, 0.25) is 5.02 Å². The van der Waals surface area contributed by atoms with Crippen molar-refractivity contribution in [1.82, 2.24) is 4.98 Å². The first-order chi connectivity index (χ1) is 10.6. The molecule has 0 radical (unpaired) electrons. The summed E-state index contributed by atoms with van der Waals surface area (Å²) in [4.78, 5) is 19.3. The topological polar surface area (TPSA) is 41.7 Å². The summed E-state index contributed by atoms with van der Waals surface area (Å²) in [6.07, 6.45) is 0. The molecule has 1 aliphatic heterocycles. The monoisotopic (exact) mass is 321 g/mol. The number of aryl methyl sites for hydroxylation is 1. The number of aromatic amines is 1. The fourth-order valence-electron chi connectivity index (χ4n) is 3.37. The van der Waals surface area contributed by atoms with Crippen molar-refractivity contribution in [2.24, 2.45) is 0 Å². The molecule has 3 rings (SSSR count). The lowest BCUT2D eigenvalue weighted by Gasteiger charge is -2.29. The quantitative estimate of drug-likeness (QED) is 0.720. The van der Waals surface area contributed by atoms with Crippen LogP contribution in [0, 0.1) is 6.92 Å². The first-order valence-electron chi connectivity index (χ1n) is 8.06. The highest BCUT2D eigenvalue weighted by Crippen LogP contribution is 2.16. The van der Waals surface area contributed by atoms with Crippen molar-refractivity contribution >= 4 is 22.5 Å². The normalized spacial score (nSPS) is 22.1. The van der Waals surface area contributed by atoms with Crippen LogP contribution in [0.1, 0.15) is 18.2 Å². The van der Waals surface area contributed by atoms with E-state index in [4.69, 9.17) is 11.6 Å². The number of H-pyrrole nitrogens is 1. The Balaban J connectivity index is 1.89. The number of hydrogen-bond donors (Lipinski definition) is 3. The Kier molecular flexibility index (Phi) is 4.52. The number of aromatic nitrogens is 1. The number of rotatable bonds is 3. The van der Waals surface area contributed by atoms with Gasteiger partial charge in [0.1, 0.15) is 32.7 Å². The van der Waals surface area contributed by atoms with Crippen molar-refractivity contribution < 1.29 is 9.80 Å². The third-order valence-electron chi connectivity index (χ3n) is 4.87. The zero-order chi connectivity index (χ0) is 15.7. The Bertz CT molecular complexity index is 732. The molecule has 0 saturated carbocycles. The third-order valence-corrected chi connectivity index (χ3v) is 5.10. The minimum absolute atomic E-state index is 0.131. The predicted molar refractivity (Wildman–Crippen MR) is 90.0 cm³/mol. The van der Waals surface area contributed by atoms with E-state index in [0.717, 1.165) is 36.4 Å². The van der Waals surface area contributed by atoms with Gasteiger partial charge in [-0.2, -0.15) is 0 Å². The van der Waals surface area contributed by atoms with Gasteiger partial charge in [0.05, 0.1) is 12.1 Å². The van der Waals surface area contributed by atoms with Crippen LogP contribution in [-0.4, -0.2) is 37.7 Å². The van der Waals surface area contributed by atoms with E-state index in [1.807, 2.05) is 19.1 Å². The molecule has 22 heavy (non-hydrogen) atoms. The second kappa shape index (κ2) is 6.41. The van der Waals surface area contributed by atoms with Crippen molar-refractivity contribution in [3.63, 3.8) is 0 Å². The molecular formula is C17H24ClN3O+2. The molecule has 0 atom stereocenters. The van der Waals surface area contributed by atoms with Crippen molar-refractivity contribution in [3.05, 3.63) is 44.7 Å². The van der Waals surface area contributed by atoms with E-state index in [9.17, 15) is 4.79 Å². The van der Waals surface area contributed by atoms with Gasteiger partial charge < -0.3 is 14.8 Å². The number of quaternary nitrogens is 2. The van der Waals surface area contributed by atoms with Gasteiger partial charge in [0, 0.05) is 21.6 Å². The van der Waals surface area contributed by atoms with E-state index in [0.29, 0.717) is 10.4 Å². The number of nitrogens with one attached hydrogen (secondary N) is 3. The second-order valence-corrected chi connectivity index (χ2v) is 6.71. The van der Waals surface area contributed by atoms with Gasteiger partial charge in [-0.15, -0.1) is 0 Å². The molecule has 3 N–H and O–H groups in total. The molecule has 2 heterocycles. The molecule has 1 aromatic carbocycles. The smallest absolute Gasteiger partial charge is 0.198 e. The number of benzene rings is 1. The molecule has 1 aliphatic rings. The van der Waals surface area contributed by atoms with Gasteiger partial charge in [0.15, 0.2) is 5.43 Å². The Morgan fingerprint density at radius 1 is 1.18 bits per heavy atom. The van der Waals surface area contributed by atoms with Gasteiger partial charge >= 0.3 is 0 Å². The van der Waals surface area contributed by atoms with Crippen molar-refractivity contribution in [2.45, 2.75) is 20.4 Å². The van der Waals surface area contributed by atoms with Gasteiger partial charge in [0.2, 0.25) is 0 Å². The highest BCUT2D eigenvalue weighted by molar-refractivity contribution is 6.31. The largest absolute Gasteiger partial charge is 0.358 e. The maximum atomic E-state index is 12.8. The molecule has 0 aliphatic carbocycles. The third kappa shape index (κ3) is 3.05. The number of hydrogen-bond acceptors (Lipinski definition) is 1. The molecule has 2 aromatic rings. The molecule has 5 heteroatoms. The van der Waals surface area contributed by atoms with Crippen LogP contribution in [0.5, 0.6) is 0 Å². The van der Waals surface area contributed by atoms with Crippen LogP contribution in [0.15, 0.2) is 23.0 Å². The lowest BCUT2D eigenvalue weighted by atomic mass is 10.1. The van der Waals surface area contributed by atoms with Crippen LogP contribution in [-0.2, 0) is 6.54 Å². The standard InChI is InChI=1S/C17H22ClN3O/c1-3-20-6-8-21(9-7-20)11-15-12(2)19-16-5-4-13(18)10-14(16)17(15)22/h4-5,10H,3,6-9,11H2,1-2H3,(H,19,22)/p+2. The lowest BCUT2D eigenvalue weighted by Crippen LogP contribution is -3.27. The minimum atomic E-state index is 0.131. The van der Waals surface area contributed by atoms with Crippen molar-refractivity contribution in [2.75, 3.05) is 32.7 Å². The molecular weight excluding hydrogens is 298 g/mol. The summed E-state index contributed by atoms with van der Waals surface area (Å²) < 4.78 is 0. The SMILES string of the molecule is CC[NH+]1CC[NH+](Cc2c(C)[nH]c3ccc(Cl)cc3c2=O)CC1. The summed E-state index contributed by atoms with van der Waals surface area (Å²) in [5.74, 6) is 0. The average Bonchev–Trinajstić information content (AvgIpc) is 2.53. The maximum Gasteiger partial charge on any atom is 0.198 e. The molecule has 0 bridgehead atoms. The predicted octanol–water partition coefficient (Wildman–Crippen LogP) is -0.207. The van der Waals surface area contributed by atoms with Crippen LogP contribution in [0.25, 0.3) is 10.9 Å². The molecule has 1 fully saturated rings. The number of halogens is 1. The van der Waals surface area contributed by atoms with E-state index >= 15 is 0 Å². The maximum absolute atomic E-state index is 12.8. The number of likely N-dealkylation sites (N-methyl/N-ethyl adjacent to an activating group) is 1. The summed E-state index contributed by atoms with van der Waals surface area (Å²) in [5, 5.41) is 1.31. The summed E-state index contributed by atoms with van der Waals surface area (Å²) in [5.41, 5.74) is 2.89. The van der Waals surface area contributed by atoms with E-state index in [2.05, 4.69) is 11.9 Å². The Morgan fingerprint density at radius 2 is 1.86 bits per heavy atom. The minimum Gasteiger partial charge on any atom is -0.358 e. The van der Waals surface area contributed by atoms with Crippen molar-refractivity contribution in [3.8, 4) is 0 Å². The van der Waals surface area contributed by atoms with Crippen LogP contribution < -0.4 is 15.2 Å². The van der Waals surface area contributed by atoms with Gasteiger partial charge in [0.25, 0.3) is 0 Å². The molecule has 0 spiro atoms. The van der Waals surface area contributed by atoms with Crippen molar-refractivity contribution in [1.29, 1.82) is 0 Å².